The molecule has 1 aliphatic heterocycles. The Morgan fingerprint density at radius 2 is 1.64 bits per heavy atom. The molecule has 3 amide bonds. The summed E-state index contributed by atoms with van der Waals surface area (Å²) in [6.45, 7) is 9.54. The molecule has 0 aromatic carbocycles. The van der Waals surface area contributed by atoms with Crippen LogP contribution in [-0.4, -0.2) is 51.5 Å². The zero-order valence-corrected chi connectivity index (χ0v) is 13.9. The molecule has 0 radical (unpaired) electrons. The minimum atomic E-state index is -1.09. The third-order valence-electron chi connectivity index (χ3n) is 3.97. The Morgan fingerprint density at radius 3 is 2.00 bits per heavy atom. The molecule has 0 aliphatic carbocycles. The van der Waals surface area contributed by atoms with Crippen molar-refractivity contribution in [2.75, 3.05) is 6.61 Å². The van der Waals surface area contributed by atoms with Crippen LogP contribution in [0.25, 0.3) is 0 Å². The summed E-state index contributed by atoms with van der Waals surface area (Å²) in [7, 11) is 0. The zero-order chi connectivity index (χ0) is 17.3. The maximum Gasteiger partial charge on any atom is 0.410 e. The van der Waals surface area contributed by atoms with Crippen molar-refractivity contribution in [3.63, 3.8) is 0 Å². The Balaban J connectivity index is 3.05. The zero-order valence-electron chi connectivity index (χ0n) is 13.9. The standard InChI is InChI=1S/C14H26N4O4/c1-6-22-12(21)18-13(2,3)7-9(8-14(18,4)5)17(16)11(20)10(15)19/h9H,6-8,16H2,1-5H3,(H2,15,19). The van der Waals surface area contributed by atoms with Crippen molar-refractivity contribution in [1.29, 1.82) is 0 Å². The number of nitrogens with zero attached hydrogens (tertiary/aromatic N) is 2. The Bertz CT molecular complexity index is 457. The van der Waals surface area contributed by atoms with E-state index >= 15 is 0 Å². The van der Waals surface area contributed by atoms with Gasteiger partial charge in [0.05, 0.1) is 12.6 Å². The lowest BCUT2D eigenvalue weighted by Gasteiger charge is -2.55. The maximum atomic E-state index is 12.3. The molecule has 126 valence electrons. The fourth-order valence-electron chi connectivity index (χ4n) is 3.40. The SMILES string of the molecule is CCOC(=O)N1C(C)(C)CC(N(N)C(=O)C(N)=O)CC1(C)C. The summed E-state index contributed by atoms with van der Waals surface area (Å²) in [5, 5.41) is 0.883. The van der Waals surface area contributed by atoms with Crippen molar-refractivity contribution < 1.29 is 19.1 Å². The van der Waals surface area contributed by atoms with E-state index in [4.69, 9.17) is 16.3 Å². The molecule has 1 saturated heterocycles. The van der Waals surface area contributed by atoms with Crippen molar-refractivity contribution in [3.8, 4) is 0 Å². The van der Waals surface area contributed by atoms with E-state index in [9.17, 15) is 14.4 Å². The summed E-state index contributed by atoms with van der Waals surface area (Å²) in [6, 6.07) is -0.393. The van der Waals surface area contributed by atoms with Crippen molar-refractivity contribution in [1.82, 2.24) is 9.91 Å². The number of hydrogen-bond donors (Lipinski definition) is 2. The van der Waals surface area contributed by atoms with Crippen molar-refractivity contribution in [2.45, 2.75) is 64.6 Å². The van der Waals surface area contributed by atoms with Gasteiger partial charge in [0.2, 0.25) is 0 Å². The number of amides is 3. The quantitative estimate of drug-likeness (QED) is 0.330. The number of likely N-dealkylation sites (tertiary alicyclic amines) is 1. The second-order valence-corrected chi connectivity index (χ2v) is 6.80. The molecule has 1 aliphatic rings. The number of nitrogens with two attached hydrogens (primary N) is 2. The molecular weight excluding hydrogens is 288 g/mol. The van der Waals surface area contributed by atoms with Gasteiger partial charge in [0.25, 0.3) is 0 Å². The second kappa shape index (κ2) is 6.12. The van der Waals surface area contributed by atoms with E-state index in [2.05, 4.69) is 0 Å². The molecule has 8 nitrogen and oxygen atoms in total. The molecule has 0 bridgehead atoms. The Kier molecular flexibility index (Phi) is 5.06. The first-order valence-electron chi connectivity index (χ1n) is 7.29. The largest absolute Gasteiger partial charge is 0.450 e. The second-order valence-electron chi connectivity index (χ2n) is 6.80. The highest BCUT2D eigenvalue weighted by Gasteiger charge is 2.50. The summed E-state index contributed by atoms with van der Waals surface area (Å²) >= 11 is 0. The number of carbonyl (C=O) groups excluding carboxylic acids is 3. The van der Waals surface area contributed by atoms with Crippen LogP contribution in [0.3, 0.4) is 0 Å². The van der Waals surface area contributed by atoms with Gasteiger partial charge < -0.3 is 10.5 Å². The van der Waals surface area contributed by atoms with Crippen molar-refractivity contribution in [3.05, 3.63) is 0 Å². The van der Waals surface area contributed by atoms with Gasteiger partial charge in [0.15, 0.2) is 0 Å². The number of rotatable bonds is 2. The molecule has 0 aromatic heterocycles. The lowest BCUT2D eigenvalue weighted by molar-refractivity contribution is -0.149. The van der Waals surface area contributed by atoms with Crippen LogP contribution in [0.15, 0.2) is 0 Å². The smallest absolute Gasteiger partial charge is 0.410 e. The summed E-state index contributed by atoms with van der Waals surface area (Å²) in [5.41, 5.74) is 3.82. The highest BCUT2D eigenvalue weighted by atomic mass is 16.6. The minimum Gasteiger partial charge on any atom is -0.450 e. The molecule has 22 heavy (non-hydrogen) atoms. The van der Waals surface area contributed by atoms with Crippen molar-refractivity contribution >= 4 is 17.9 Å². The van der Waals surface area contributed by atoms with E-state index < -0.39 is 35.0 Å². The molecule has 0 unspecified atom stereocenters. The highest BCUT2D eigenvalue weighted by Crippen LogP contribution is 2.40. The summed E-state index contributed by atoms with van der Waals surface area (Å²) in [5.74, 6) is 3.74. The van der Waals surface area contributed by atoms with Crippen LogP contribution >= 0.6 is 0 Å². The molecular formula is C14H26N4O4. The molecule has 4 N–H and O–H groups in total. The summed E-state index contributed by atoms with van der Waals surface area (Å²) < 4.78 is 5.14. The van der Waals surface area contributed by atoms with Gasteiger partial charge in [-0.25, -0.2) is 10.6 Å². The monoisotopic (exact) mass is 314 g/mol. The van der Waals surface area contributed by atoms with Crippen LogP contribution in [0.1, 0.15) is 47.5 Å². The van der Waals surface area contributed by atoms with Gasteiger partial charge in [-0.1, -0.05) is 0 Å². The fourth-order valence-corrected chi connectivity index (χ4v) is 3.40. The van der Waals surface area contributed by atoms with E-state index in [-0.39, 0.29) is 6.61 Å². The number of carbonyl (C=O) groups is 3. The molecule has 1 fully saturated rings. The van der Waals surface area contributed by atoms with Gasteiger partial charge in [-0.15, -0.1) is 0 Å². The average Bonchev–Trinajstić information content (AvgIpc) is 2.33. The third kappa shape index (κ3) is 3.49. The maximum absolute atomic E-state index is 12.3. The first-order chi connectivity index (χ1) is 9.94. The third-order valence-corrected chi connectivity index (χ3v) is 3.97. The van der Waals surface area contributed by atoms with E-state index in [1.54, 1.807) is 11.8 Å². The normalized spacial score (nSPS) is 20.4. The molecule has 0 aromatic rings. The molecule has 0 atom stereocenters. The van der Waals surface area contributed by atoms with E-state index in [1.807, 2.05) is 27.7 Å². The lowest BCUT2D eigenvalue weighted by atomic mass is 9.77. The van der Waals surface area contributed by atoms with Gasteiger partial charge in [0, 0.05) is 11.1 Å². The van der Waals surface area contributed by atoms with Crippen LogP contribution < -0.4 is 11.6 Å². The number of piperidine rings is 1. The molecule has 8 heteroatoms. The lowest BCUT2D eigenvalue weighted by Crippen LogP contribution is -2.67. The van der Waals surface area contributed by atoms with E-state index in [0.717, 1.165) is 5.01 Å². The minimum absolute atomic E-state index is 0.286. The molecule has 0 saturated carbocycles. The molecule has 0 spiro atoms. The molecule has 1 rings (SSSR count). The Labute approximate surface area is 130 Å². The fraction of sp³-hybridized carbons (Fsp3) is 0.786. The molecule has 1 heterocycles. The number of hydrazine groups is 1. The van der Waals surface area contributed by atoms with E-state index in [0.29, 0.717) is 12.8 Å². The topological polar surface area (TPSA) is 119 Å². The van der Waals surface area contributed by atoms with Crippen molar-refractivity contribution in [2.24, 2.45) is 11.6 Å². The first-order valence-corrected chi connectivity index (χ1v) is 7.29. The van der Waals surface area contributed by atoms with Crippen LogP contribution in [0.2, 0.25) is 0 Å². The number of primary amides is 1. The first kappa shape index (κ1) is 18.2. The van der Waals surface area contributed by atoms with Gasteiger partial charge in [-0.2, -0.15) is 0 Å². The predicted molar refractivity (Wildman–Crippen MR) is 80.3 cm³/mol. The van der Waals surface area contributed by atoms with Gasteiger partial charge in [-0.3, -0.25) is 19.5 Å². The van der Waals surface area contributed by atoms with Gasteiger partial charge in [0.1, 0.15) is 0 Å². The van der Waals surface area contributed by atoms with Gasteiger partial charge in [-0.05, 0) is 47.5 Å². The summed E-state index contributed by atoms with van der Waals surface area (Å²) in [4.78, 5) is 36.7. The summed E-state index contributed by atoms with van der Waals surface area (Å²) in [6.07, 6.45) is 0.441. The predicted octanol–water partition coefficient (Wildman–Crippen LogP) is 0.352. The van der Waals surface area contributed by atoms with Crippen LogP contribution in [0, 0.1) is 0 Å². The van der Waals surface area contributed by atoms with Gasteiger partial charge >= 0.3 is 17.9 Å². The van der Waals surface area contributed by atoms with Crippen LogP contribution in [0.4, 0.5) is 4.79 Å². The Hall–Kier alpha value is -1.83. The highest BCUT2D eigenvalue weighted by molar-refractivity contribution is 6.34. The Morgan fingerprint density at radius 1 is 1.18 bits per heavy atom. The number of hydrogen-bond acceptors (Lipinski definition) is 5. The van der Waals surface area contributed by atoms with Crippen LogP contribution in [0.5, 0.6) is 0 Å². The number of ether oxygens (including phenoxy) is 1. The average molecular weight is 314 g/mol. The van der Waals surface area contributed by atoms with Crippen LogP contribution in [-0.2, 0) is 14.3 Å². The van der Waals surface area contributed by atoms with E-state index in [1.165, 1.54) is 0 Å².